The molecule has 1 aliphatic carbocycles. The molecule has 0 amide bonds. The van der Waals surface area contributed by atoms with Crippen LogP contribution in [0.4, 0.5) is 0 Å². The van der Waals surface area contributed by atoms with Crippen molar-refractivity contribution >= 4 is 11.8 Å². The minimum absolute atomic E-state index is 0.436. The van der Waals surface area contributed by atoms with Gasteiger partial charge in [0.05, 0.1) is 5.03 Å². The molecule has 0 aromatic carbocycles. The van der Waals surface area contributed by atoms with Gasteiger partial charge in [-0.3, -0.25) is 0 Å². The highest BCUT2D eigenvalue weighted by atomic mass is 32.2. The minimum Gasteiger partial charge on any atom is -0.328 e. The maximum absolute atomic E-state index is 5.86. The number of aromatic nitrogens is 2. The van der Waals surface area contributed by atoms with Crippen LogP contribution in [0.15, 0.2) is 23.6 Å². The van der Waals surface area contributed by atoms with Gasteiger partial charge in [-0.1, -0.05) is 0 Å². The Kier molecular flexibility index (Phi) is 3.37. The second kappa shape index (κ2) is 4.75. The van der Waals surface area contributed by atoms with Crippen LogP contribution in [0, 0.1) is 5.92 Å². The van der Waals surface area contributed by atoms with Gasteiger partial charge in [-0.15, -0.1) is 11.8 Å². The lowest BCUT2D eigenvalue weighted by atomic mass is 10.1. The zero-order chi connectivity index (χ0) is 9.80. The van der Waals surface area contributed by atoms with Crippen molar-refractivity contribution < 1.29 is 0 Å². The molecule has 1 aromatic rings. The van der Waals surface area contributed by atoms with Crippen molar-refractivity contribution in [3.05, 3.63) is 18.6 Å². The fourth-order valence-corrected chi connectivity index (χ4v) is 2.82. The Bertz CT molecular complexity index is 278. The summed E-state index contributed by atoms with van der Waals surface area (Å²) in [6, 6.07) is 2.39. The summed E-state index contributed by atoms with van der Waals surface area (Å²) in [7, 11) is 0. The Morgan fingerprint density at radius 2 is 2.43 bits per heavy atom. The molecule has 76 valence electrons. The van der Waals surface area contributed by atoms with Gasteiger partial charge < -0.3 is 5.73 Å². The molecule has 0 bridgehead atoms. The molecule has 1 aromatic heterocycles. The van der Waals surface area contributed by atoms with Crippen LogP contribution in [0.1, 0.15) is 19.3 Å². The summed E-state index contributed by atoms with van der Waals surface area (Å²) in [4.78, 5) is 8.07. The van der Waals surface area contributed by atoms with Gasteiger partial charge in [0.1, 0.15) is 6.33 Å². The van der Waals surface area contributed by atoms with Crippen molar-refractivity contribution in [3.8, 4) is 0 Å². The molecule has 2 unspecified atom stereocenters. The van der Waals surface area contributed by atoms with E-state index in [4.69, 9.17) is 5.73 Å². The first-order chi connectivity index (χ1) is 6.84. The van der Waals surface area contributed by atoms with Crippen LogP contribution >= 0.6 is 11.8 Å². The first kappa shape index (κ1) is 9.93. The third kappa shape index (κ3) is 2.69. The quantitative estimate of drug-likeness (QED) is 0.608. The maximum atomic E-state index is 5.86. The molecule has 1 heterocycles. The molecule has 14 heavy (non-hydrogen) atoms. The number of hydrogen-bond acceptors (Lipinski definition) is 4. The van der Waals surface area contributed by atoms with E-state index in [0.717, 1.165) is 16.7 Å². The van der Waals surface area contributed by atoms with Gasteiger partial charge in [0.15, 0.2) is 0 Å². The molecule has 2 atom stereocenters. The fourth-order valence-electron chi connectivity index (χ4n) is 1.83. The molecule has 3 nitrogen and oxygen atoms in total. The highest BCUT2D eigenvalue weighted by Crippen LogP contribution is 2.29. The maximum Gasteiger partial charge on any atom is 0.116 e. The number of rotatable bonds is 3. The van der Waals surface area contributed by atoms with Crippen LogP contribution in [0.5, 0.6) is 0 Å². The van der Waals surface area contributed by atoms with Crippen LogP contribution in [-0.2, 0) is 0 Å². The number of thioether (sulfide) groups is 1. The molecular formula is C10H15N3S. The lowest BCUT2D eigenvalue weighted by Crippen LogP contribution is -2.15. The van der Waals surface area contributed by atoms with Crippen LogP contribution in [-0.4, -0.2) is 21.8 Å². The molecule has 1 aliphatic rings. The average molecular weight is 209 g/mol. The molecule has 0 saturated heterocycles. The Balaban J connectivity index is 1.78. The molecule has 4 heteroatoms. The molecule has 0 spiro atoms. The van der Waals surface area contributed by atoms with Gasteiger partial charge in [-0.2, -0.15) is 0 Å². The molecule has 2 N–H and O–H groups in total. The number of nitrogens with zero attached hydrogens (tertiary/aromatic N) is 2. The van der Waals surface area contributed by atoms with Gasteiger partial charge in [-0.25, -0.2) is 9.97 Å². The Morgan fingerprint density at radius 1 is 1.50 bits per heavy atom. The topological polar surface area (TPSA) is 51.8 Å². The molecular weight excluding hydrogens is 194 g/mol. The predicted octanol–water partition coefficient (Wildman–Crippen LogP) is 1.70. The summed E-state index contributed by atoms with van der Waals surface area (Å²) in [5, 5.41) is 1.07. The Morgan fingerprint density at radius 3 is 3.07 bits per heavy atom. The fraction of sp³-hybridized carbons (Fsp3) is 0.600. The van der Waals surface area contributed by atoms with E-state index in [9.17, 15) is 0 Å². The van der Waals surface area contributed by atoms with Gasteiger partial charge in [0.25, 0.3) is 0 Å². The first-order valence-corrected chi connectivity index (χ1v) is 5.97. The third-order valence-corrected chi connectivity index (χ3v) is 3.78. The van der Waals surface area contributed by atoms with Crippen molar-refractivity contribution in [2.45, 2.75) is 30.3 Å². The SMILES string of the molecule is NC1CCC(CSc2ccncn2)C1. The summed E-state index contributed by atoms with van der Waals surface area (Å²) in [6.07, 6.45) is 7.03. The van der Waals surface area contributed by atoms with E-state index in [1.54, 1.807) is 12.5 Å². The molecule has 1 saturated carbocycles. The summed E-state index contributed by atoms with van der Waals surface area (Å²) < 4.78 is 0. The van der Waals surface area contributed by atoms with Crippen LogP contribution < -0.4 is 5.73 Å². The minimum atomic E-state index is 0.436. The summed E-state index contributed by atoms with van der Waals surface area (Å²) >= 11 is 1.81. The number of nitrogens with two attached hydrogens (primary N) is 1. The van der Waals surface area contributed by atoms with Crippen molar-refractivity contribution in [1.29, 1.82) is 0 Å². The molecule has 0 aliphatic heterocycles. The van der Waals surface area contributed by atoms with Crippen molar-refractivity contribution in [1.82, 2.24) is 9.97 Å². The van der Waals surface area contributed by atoms with Crippen molar-refractivity contribution in [2.24, 2.45) is 11.7 Å². The van der Waals surface area contributed by atoms with Crippen LogP contribution in [0.3, 0.4) is 0 Å². The van der Waals surface area contributed by atoms with E-state index in [2.05, 4.69) is 9.97 Å². The zero-order valence-electron chi connectivity index (χ0n) is 8.10. The second-order valence-corrected chi connectivity index (χ2v) is 4.84. The van der Waals surface area contributed by atoms with E-state index >= 15 is 0 Å². The molecule has 2 rings (SSSR count). The highest BCUT2D eigenvalue weighted by Gasteiger charge is 2.21. The average Bonchev–Trinajstić information content (AvgIpc) is 2.63. The van der Waals surface area contributed by atoms with Gasteiger partial charge in [0, 0.05) is 18.0 Å². The largest absolute Gasteiger partial charge is 0.328 e. The van der Waals surface area contributed by atoms with E-state index in [0.29, 0.717) is 6.04 Å². The normalized spacial score (nSPS) is 26.6. The van der Waals surface area contributed by atoms with E-state index in [1.807, 2.05) is 17.8 Å². The van der Waals surface area contributed by atoms with Crippen molar-refractivity contribution in [2.75, 3.05) is 5.75 Å². The monoisotopic (exact) mass is 209 g/mol. The summed E-state index contributed by atoms with van der Waals surface area (Å²) in [5.74, 6) is 1.93. The Hall–Kier alpha value is -0.610. The lowest BCUT2D eigenvalue weighted by molar-refractivity contribution is 0.603. The summed E-state index contributed by atoms with van der Waals surface area (Å²) in [5.41, 5.74) is 5.86. The predicted molar refractivity (Wildman–Crippen MR) is 58.1 cm³/mol. The van der Waals surface area contributed by atoms with Crippen LogP contribution in [0.25, 0.3) is 0 Å². The smallest absolute Gasteiger partial charge is 0.116 e. The van der Waals surface area contributed by atoms with Crippen LogP contribution in [0.2, 0.25) is 0 Å². The molecule has 0 radical (unpaired) electrons. The van der Waals surface area contributed by atoms with Gasteiger partial charge >= 0.3 is 0 Å². The molecule has 1 fully saturated rings. The highest BCUT2D eigenvalue weighted by molar-refractivity contribution is 7.99. The van der Waals surface area contributed by atoms with E-state index < -0.39 is 0 Å². The van der Waals surface area contributed by atoms with E-state index in [1.165, 1.54) is 19.3 Å². The zero-order valence-corrected chi connectivity index (χ0v) is 8.91. The third-order valence-electron chi connectivity index (χ3n) is 2.60. The Labute approximate surface area is 88.5 Å². The number of hydrogen-bond donors (Lipinski definition) is 1. The summed E-state index contributed by atoms with van der Waals surface area (Å²) in [6.45, 7) is 0. The standard InChI is InChI=1S/C10H15N3S/c11-9-2-1-8(5-9)6-14-10-3-4-12-7-13-10/h3-4,7-9H,1-2,5-6,11H2. The second-order valence-electron chi connectivity index (χ2n) is 3.80. The first-order valence-electron chi connectivity index (χ1n) is 4.99. The van der Waals surface area contributed by atoms with Gasteiger partial charge in [0.2, 0.25) is 0 Å². The lowest BCUT2D eigenvalue weighted by Gasteiger charge is -2.07. The van der Waals surface area contributed by atoms with Crippen molar-refractivity contribution in [3.63, 3.8) is 0 Å². The van der Waals surface area contributed by atoms with Gasteiger partial charge in [-0.05, 0) is 31.2 Å². The van der Waals surface area contributed by atoms with E-state index in [-0.39, 0.29) is 0 Å².